The van der Waals surface area contributed by atoms with E-state index in [0.717, 1.165) is 35.2 Å². The van der Waals surface area contributed by atoms with E-state index in [-0.39, 0.29) is 18.0 Å². The Balaban J connectivity index is 2.08. The number of alkyl halides is 3. The van der Waals surface area contributed by atoms with Crippen molar-refractivity contribution in [2.75, 3.05) is 13.7 Å². The molecule has 4 nitrogen and oxygen atoms in total. The van der Waals surface area contributed by atoms with E-state index in [1.165, 1.54) is 19.2 Å². The third kappa shape index (κ3) is 7.43. The van der Waals surface area contributed by atoms with E-state index in [9.17, 15) is 17.6 Å². The second-order valence-corrected chi connectivity index (χ2v) is 9.00. The quantitative estimate of drug-likeness (QED) is 0.314. The lowest BCUT2D eigenvalue weighted by Gasteiger charge is -2.33. The highest BCUT2D eigenvalue weighted by Crippen LogP contribution is 2.34. The van der Waals surface area contributed by atoms with Crippen LogP contribution in [0.4, 0.5) is 17.6 Å². The number of hydrogen-bond acceptors (Lipinski definition) is 4. The van der Waals surface area contributed by atoms with Crippen molar-refractivity contribution in [3.05, 3.63) is 100 Å². The molecule has 204 valence electrons. The van der Waals surface area contributed by atoms with Gasteiger partial charge in [-0.3, -0.25) is 0 Å². The normalized spacial score (nSPS) is 15.3. The maximum Gasteiger partial charge on any atom is 0.390 e. The molecule has 1 heterocycles. The summed E-state index contributed by atoms with van der Waals surface area (Å²) >= 11 is 0. The summed E-state index contributed by atoms with van der Waals surface area (Å²) in [5.41, 5.74) is 5.25. The first kappa shape index (κ1) is 28.9. The number of rotatable bonds is 10. The van der Waals surface area contributed by atoms with Crippen LogP contribution in [0.1, 0.15) is 49.8 Å². The highest BCUT2D eigenvalue weighted by molar-refractivity contribution is 5.69. The van der Waals surface area contributed by atoms with E-state index in [1.807, 2.05) is 56.9 Å². The Hall–Kier alpha value is -3.68. The number of unbranched alkanes of at least 4 members (excludes halogenated alkanes) is 1. The van der Waals surface area contributed by atoms with Crippen LogP contribution in [0.3, 0.4) is 0 Å². The molecule has 0 saturated heterocycles. The third-order valence-corrected chi connectivity index (χ3v) is 6.12. The van der Waals surface area contributed by atoms with Crippen molar-refractivity contribution in [1.82, 2.24) is 10.2 Å². The Morgan fingerprint density at radius 3 is 2.45 bits per heavy atom. The summed E-state index contributed by atoms with van der Waals surface area (Å²) < 4.78 is 64.2. The zero-order valence-electron chi connectivity index (χ0n) is 22.4. The Bertz CT molecular complexity index is 1260. The van der Waals surface area contributed by atoms with Gasteiger partial charge in [0.25, 0.3) is 0 Å². The Morgan fingerprint density at radius 1 is 1.08 bits per heavy atom. The minimum atomic E-state index is -4.29. The molecule has 0 unspecified atom stereocenters. The van der Waals surface area contributed by atoms with Crippen LogP contribution in [0.25, 0.3) is 5.70 Å². The Morgan fingerprint density at radius 2 is 1.84 bits per heavy atom. The van der Waals surface area contributed by atoms with Crippen molar-refractivity contribution < 1.29 is 27.0 Å². The van der Waals surface area contributed by atoms with Gasteiger partial charge < -0.3 is 19.7 Å². The number of allylic oxidation sites excluding steroid dienone is 3. The molecule has 38 heavy (non-hydrogen) atoms. The van der Waals surface area contributed by atoms with Gasteiger partial charge >= 0.3 is 6.18 Å². The van der Waals surface area contributed by atoms with Crippen molar-refractivity contribution in [3.63, 3.8) is 0 Å². The largest absolute Gasteiger partial charge is 0.494 e. The summed E-state index contributed by atoms with van der Waals surface area (Å²) in [6.45, 7) is 7.71. The van der Waals surface area contributed by atoms with Crippen LogP contribution in [0.2, 0.25) is 0 Å². The molecule has 0 fully saturated rings. The van der Waals surface area contributed by atoms with Crippen LogP contribution < -0.4 is 14.8 Å². The molecule has 0 atom stereocenters. The zero-order chi connectivity index (χ0) is 27.9. The Labute approximate surface area is 221 Å². The minimum Gasteiger partial charge on any atom is -0.494 e. The number of methoxy groups -OCH3 is 1. The second-order valence-electron chi connectivity index (χ2n) is 9.00. The van der Waals surface area contributed by atoms with Crippen molar-refractivity contribution in [2.45, 2.75) is 53.1 Å². The first-order valence-corrected chi connectivity index (χ1v) is 12.6. The fraction of sp³-hybridized carbons (Fsp3) is 0.333. The van der Waals surface area contributed by atoms with Crippen molar-refractivity contribution in [1.29, 1.82) is 0 Å². The van der Waals surface area contributed by atoms with E-state index in [2.05, 4.69) is 11.4 Å². The smallest absolute Gasteiger partial charge is 0.390 e. The lowest BCUT2D eigenvalue weighted by atomic mass is 10.0. The van der Waals surface area contributed by atoms with Crippen LogP contribution >= 0.6 is 0 Å². The molecule has 1 aliphatic rings. The van der Waals surface area contributed by atoms with E-state index >= 15 is 0 Å². The van der Waals surface area contributed by atoms with Crippen LogP contribution in [0, 0.1) is 19.7 Å². The van der Waals surface area contributed by atoms with Gasteiger partial charge in [0, 0.05) is 24.4 Å². The number of nitrogens with one attached hydrogen (secondary N) is 1. The summed E-state index contributed by atoms with van der Waals surface area (Å²) in [6, 6.07) is 10.4. The molecule has 1 N–H and O–H groups in total. The fourth-order valence-electron chi connectivity index (χ4n) is 4.00. The molecule has 0 saturated carbocycles. The minimum absolute atomic E-state index is 0.0809. The fourth-order valence-corrected chi connectivity index (χ4v) is 4.00. The van der Waals surface area contributed by atoms with Gasteiger partial charge in [-0.05, 0) is 62.1 Å². The summed E-state index contributed by atoms with van der Waals surface area (Å²) in [6.07, 6.45) is 3.66. The molecule has 0 amide bonds. The number of halogens is 4. The standard InChI is InChI=1S/C30H34F4N2O2/c1-6-8-9-28-26(35-15-14-30(32,33)34)18-24(38-23-12-13-29(37-5)25(31)17-23)19-36(28)27(7-2)22-11-10-20(3)21(4)16-22/h7,9-13,16-19,35H,6,8,14-15H2,1-5H3/b27-7-,28-9+. The van der Waals surface area contributed by atoms with Crippen LogP contribution in [0.15, 0.2) is 78.0 Å². The van der Waals surface area contributed by atoms with Crippen molar-refractivity contribution in [3.8, 4) is 11.5 Å². The third-order valence-electron chi connectivity index (χ3n) is 6.12. The molecule has 0 aromatic heterocycles. The monoisotopic (exact) mass is 530 g/mol. The molecule has 0 spiro atoms. The summed E-state index contributed by atoms with van der Waals surface area (Å²) in [5.74, 6) is 0.0615. The maximum absolute atomic E-state index is 14.3. The summed E-state index contributed by atoms with van der Waals surface area (Å²) in [5, 5.41) is 2.95. The Kier molecular flexibility index (Phi) is 9.66. The SMILES string of the molecule is C/C=C(/c1ccc(C)c(C)c1)N1C=C(Oc2ccc(OC)c(F)c2)C=C(NCCC(F)(F)F)/C1=C\CCC. The molecule has 0 aliphatic carbocycles. The number of hydrogen-bond donors (Lipinski definition) is 1. The molecular weight excluding hydrogens is 496 g/mol. The van der Waals surface area contributed by atoms with Crippen LogP contribution in [-0.4, -0.2) is 24.7 Å². The predicted octanol–water partition coefficient (Wildman–Crippen LogP) is 8.16. The topological polar surface area (TPSA) is 33.7 Å². The van der Waals surface area contributed by atoms with Gasteiger partial charge in [-0.2, -0.15) is 13.2 Å². The summed E-state index contributed by atoms with van der Waals surface area (Å²) in [4.78, 5) is 1.91. The first-order valence-electron chi connectivity index (χ1n) is 12.6. The molecule has 8 heteroatoms. The van der Waals surface area contributed by atoms with Gasteiger partial charge in [-0.15, -0.1) is 0 Å². The molecule has 1 aliphatic heterocycles. The second kappa shape index (κ2) is 12.7. The molecule has 2 aromatic rings. The number of ether oxygens (including phenoxy) is 2. The average molecular weight is 531 g/mol. The van der Waals surface area contributed by atoms with E-state index in [0.29, 0.717) is 17.2 Å². The number of nitrogens with zero attached hydrogens (tertiary/aromatic N) is 1. The lowest BCUT2D eigenvalue weighted by molar-refractivity contribution is -0.133. The van der Waals surface area contributed by atoms with Gasteiger partial charge in [-0.1, -0.05) is 37.6 Å². The van der Waals surface area contributed by atoms with E-state index < -0.39 is 18.4 Å². The highest BCUT2D eigenvalue weighted by atomic mass is 19.4. The predicted molar refractivity (Wildman–Crippen MR) is 143 cm³/mol. The van der Waals surface area contributed by atoms with Gasteiger partial charge in [0.15, 0.2) is 11.6 Å². The van der Waals surface area contributed by atoms with E-state index in [4.69, 9.17) is 9.47 Å². The van der Waals surface area contributed by atoms with Crippen LogP contribution in [-0.2, 0) is 0 Å². The van der Waals surface area contributed by atoms with Gasteiger partial charge in [0.05, 0.1) is 31.1 Å². The molecule has 0 bridgehead atoms. The maximum atomic E-state index is 14.3. The summed E-state index contributed by atoms with van der Waals surface area (Å²) in [7, 11) is 1.37. The van der Waals surface area contributed by atoms with Gasteiger partial charge in [-0.25, -0.2) is 4.39 Å². The molecule has 3 rings (SSSR count). The van der Waals surface area contributed by atoms with Gasteiger partial charge in [0.1, 0.15) is 11.5 Å². The first-order chi connectivity index (χ1) is 18.1. The molecule has 2 aromatic carbocycles. The lowest BCUT2D eigenvalue weighted by Crippen LogP contribution is -2.30. The van der Waals surface area contributed by atoms with E-state index in [1.54, 1.807) is 18.3 Å². The van der Waals surface area contributed by atoms with Gasteiger partial charge in [0.2, 0.25) is 0 Å². The number of benzene rings is 2. The van der Waals surface area contributed by atoms with Crippen LogP contribution in [0.5, 0.6) is 11.5 Å². The molecular formula is C30H34F4N2O2. The highest BCUT2D eigenvalue weighted by Gasteiger charge is 2.28. The number of aryl methyl sites for hydroxylation is 2. The zero-order valence-corrected chi connectivity index (χ0v) is 22.4. The average Bonchev–Trinajstić information content (AvgIpc) is 2.85. The molecule has 0 radical (unpaired) electrons. The van der Waals surface area contributed by atoms with Crippen molar-refractivity contribution in [2.24, 2.45) is 0 Å². The van der Waals surface area contributed by atoms with Crippen molar-refractivity contribution >= 4 is 5.70 Å².